The summed E-state index contributed by atoms with van der Waals surface area (Å²) in [5.74, 6) is 0.973. The van der Waals surface area contributed by atoms with Gasteiger partial charge in [-0.15, -0.1) is 5.10 Å². The van der Waals surface area contributed by atoms with Crippen LogP contribution in [-0.2, 0) is 4.79 Å². The lowest BCUT2D eigenvalue weighted by molar-refractivity contribution is -0.138. The number of carbonyl (C=O) groups is 1. The molecule has 1 saturated heterocycles. The molecule has 0 atom stereocenters. The van der Waals surface area contributed by atoms with Crippen molar-refractivity contribution in [2.24, 2.45) is 5.92 Å². The van der Waals surface area contributed by atoms with Crippen LogP contribution in [0.3, 0.4) is 0 Å². The highest BCUT2D eigenvalue weighted by molar-refractivity contribution is 5.77. The third-order valence-corrected chi connectivity index (χ3v) is 3.97. The SMILES string of the molecule is O=C(CC1CCCC1)N1CC(n2ccnn2)C1. The van der Waals surface area contributed by atoms with Crippen LogP contribution >= 0.6 is 0 Å². The minimum atomic E-state index is 0.327. The summed E-state index contributed by atoms with van der Waals surface area (Å²) < 4.78 is 1.85. The van der Waals surface area contributed by atoms with Gasteiger partial charge in [-0.05, 0) is 18.8 Å². The molecule has 2 fully saturated rings. The van der Waals surface area contributed by atoms with Gasteiger partial charge in [-0.1, -0.05) is 18.1 Å². The Labute approximate surface area is 101 Å². The normalized spacial score (nSPS) is 21.8. The molecule has 5 heteroatoms. The fourth-order valence-corrected chi connectivity index (χ4v) is 2.83. The van der Waals surface area contributed by atoms with Crippen molar-refractivity contribution in [3.63, 3.8) is 0 Å². The second-order valence-corrected chi connectivity index (χ2v) is 5.19. The zero-order chi connectivity index (χ0) is 11.7. The van der Waals surface area contributed by atoms with Crippen LogP contribution in [0.1, 0.15) is 38.1 Å². The van der Waals surface area contributed by atoms with E-state index in [0.29, 0.717) is 17.9 Å². The van der Waals surface area contributed by atoms with Gasteiger partial charge in [0.2, 0.25) is 5.91 Å². The molecule has 0 N–H and O–H groups in total. The molecule has 0 bridgehead atoms. The molecule has 2 aliphatic rings. The van der Waals surface area contributed by atoms with Crippen LogP contribution in [0.2, 0.25) is 0 Å². The first kappa shape index (κ1) is 10.7. The highest BCUT2D eigenvalue weighted by Gasteiger charge is 2.33. The van der Waals surface area contributed by atoms with Gasteiger partial charge in [-0.25, -0.2) is 4.68 Å². The summed E-state index contributed by atoms with van der Waals surface area (Å²) >= 11 is 0. The molecule has 1 saturated carbocycles. The van der Waals surface area contributed by atoms with E-state index in [9.17, 15) is 4.79 Å². The molecule has 0 spiro atoms. The lowest BCUT2D eigenvalue weighted by Crippen LogP contribution is -2.51. The van der Waals surface area contributed by atoms with E-state index in [1.165, 1.54) is 25.7 Å². The lowest BCUT2D eigenvalue weighted by atomic mass is 10.0. The van der Waals surface area contributed by atoms with E-state index in [-0.39, 0.29) is 0 Å². The molecule has 1 amide bonds. The van der Waals surface area contributed by atoms with Gasteiger partial charge in [0, 0.05) is 25.7 Å². The zero-order valence-electron chi connectivity index (χ0n) is 9.96. The van der Waals surface area contributed by atoms with Crippen LogP contribution in [0.25, 0.3) is 0 Å². The highest BCUT2D eigenvalue weighted by Crippen LogP contribution is 2.29. The summed E-state index contributed by atoms with van der Waals surface area (Å²) in [7, 11) is 0. The Kier molecular flexibility index (Phi) is 2.82. The Morgan fingerprint density at radius 3 is 2.71 bits per heavy atom. The molecule has 1 aromatic rings. The van der Waals surface area contributed by atoms with Gasteiger partial charge in [0.15, 0.2) is 0 Å². The minimum Gasteiger partial charge on any atom is -0.338 e. The van der Waals surface area contributed by atoms with Crippen LogP contribution in [0.5, 0.6) is 0 Å². The number of aromatic nitrogens is 3. The van der Waals surface area contributed by atoms with Crippen molar-refractivity contribution in [3.05, 3.63) is 12.4 Å². The summed E-state index contributed by atoms with van der Waals surface area (Å²) in [6.45, 7) is 1.60. The van der Waals surface area contributed by atoms with Crippen molar-refractivity contribution in [1.29, 1.82) is 0 Å². The van der Waals surface area contributed by atoms with Crippen LogP contribution in [0.15, 0.2) is 12.4 Å². The largest absolute Gasteiger partial charge is 0.338 e. The molecule has 92 valence electrons. The molecular weight excluding hydrogens is 216 g/mol. The topological polar surface area (TPSA) is 51.0 Å². The summed E-state index contributed by atoms with van der Waals surface area (Å²) in [4.78, 5) is 13.9. The number of carbonyl (C=O) groups excluding carboxylic acids is 1. The number of amides is 1. The fraction of sp³-hybridized carbons (Fsp3) is 0.750. The number of nitrogens with zero attached hydrogens (tertiary/aromatic N) is 4. The first-order valence-corrected chi connectivity index (χ1v) is 6.46. The molecule has 1 aliphatic heterocycles. The van der Waals surface area contributed by atoms with Gasteiger partial charge in [-0.3, -0.25) is 4.79 Å². The summed E-state index contributed by atoms with van der Waals surface area (Å²) in [5, 5.41) is 7.75. The summed E-state index contributed by atoms with van der Waals surface area (Å²) in [5.41, 5.74) is 0. The van der Waals surface area contributed by atoms with Crippen molar-refractivity contribution in [2.45, 2.75) is 38.1 Å². The molecule has 1 aromatic heterocycles. The van der Waals surface area contributed by atoms with Gasteiger partial charge in [0.05, 0.1) is 12.2 Å². The predicted molar refractivity (Wildman–Crippen MR) is 62.2 cm³/mol. The Morgan fingerprint density at radius 2 is 2.06 bits per heavy atom. The second kappa shape index (κ2) is 4.47. The minimum absolute atomic E-state index is 0.327. The smallest absolute Gasteiger partial charge is 0.222 e. The molecule has 17 heavy (non-hydrogen) atoms. The first-order valence-electron chi connectivity index (χ1n) is 6.46. The van der Waals surface area contributed by atoms with E-state index in [1.807, 2.05) is 15.8 Å². The molecular formula is C12H18N4O. The van der Waals surface area contributed by atoms with Gasteiger partial charge in [0.25, 0.3) is 0 Å². The fourth-order valence-electron chi connectivity index (χ4n) is 2.83. The maximum atomic E-state index is 12.0. The van der Waals surface area contributed by atoms with Crippen LogP contribution < -0.4 is 0 Å². The number of rotatable bonds is 3. The van der Waals surface area contributed by atoms with Gasteiger partial charge < -0.3 is 4.90 Å². The summed E-state index contributed by atoms with van der Waals surface area (Å²) in [6, 6.07) is 0.338. The van der Waals surface area contributed by atoms with Crippen molar-refractivity contribution in [3.8, 4) is 0 Å². The molecule has 0 unspecified atom stereocenters. The molecule has 1 aliphatic carbocycles. The van der Waals surface area contributed by atoms with Crippen molar-refractivity contribution < 1.29 is 4.79 Å². The van der Waals surface area contributed by atoms with Crippen molar-refractivity contribution in [1.82, 2.24) is 19.9 Å². The van der Waals surface area contributed by atoms with Gasteiger partial charge in [-0.2, -0.15) is 0 Å². The molecule has 3 rings (SSSR count). The van der Waals surface area contributed by atoms with Crippen LogP contribution in [0.4, 0.5) is 0 Å². The zero-order valence-corrected chi connectivity index (χ0v) is 9.96. The van der Waals surface area contributed by atoms with Crippen LogP contribution in [0, 0.1) is 5.92 Å². The standard InChI is InChI=1S/C12H18N4O/c17-12(7-10-3-1-2-4-10)15-8-11(9-15)16-6-5-13-14-16/h5-6,10-11H,1-4,7-9H2. The summed E-state index contributed by atoms with van der Waals surface area (Å²) in [6.07, 6.45) is 9.40. The van der Waals surface area contributed by atoms with E-state index < -0.39 is 0 Å². The molecule has 5 nitrogen and oxygen atoms in total. The number of hydrogen-bond acceptors (Lipinski definition) is 3. The highest BCUT2D eigenvalue weighted by atomic mass is 16.2. The van der Waals surface area contributed by atoms with Crippen LogP contribution in [-0.4, -0.2) is 38.9 Å². The average Bonchev–Trinajstić information content (AvgIpc) is 2.87. The number of likely N-dealkylation sites (tertiary alicyclic amines) is 1. The van der Waals surface area contributed by atoms with E-state index in [2.05, 4.69) is 10.3 Å². The van der Waals surface area contributed by atoms with E-state index in [1.54, 1.807) is 6.20 Å². The molecule has 2 heterocycles. The van der Waals surface area contributed by atoms with E-state index in [4.69, 9.17) is 0 Å². The maximum Gasteiger partial charge on any atom is 0.222 e. The van der Waals surface area contributed by atoms with Crippen molar-refractivity contribution >= 4 is 5.91 Å². The maximum absolute atomic E-state index is 12.0. The van der Waals surface area contributed by atoms with E-state index >= 15 is 0 Å². The monoisotopic (exact) mass is 234 g/mol. The predicted octanol–water partition coefficient (Wildman–Crippen LogP) is 1.24. The Hall–Kier alpha value is -1.39. The quantitative estimate of drug-likeness (QED) is 0.790. The Bertz CT molecular complexity index is 377. The lowest BCUT2D eigenvalue weighted by Gasteiger charge is -2.39. The first-order chi connectivity index (χ1) is 8.33. The Balaban J connectivity index is 1.46. The van der Waals surface area contributed by atoms with Gasteiger partial charge in [0.1, 0.15) is 0 Å². The van der Waals surface area contributed by atoms with E-state index in [0.717, 1.165) is 19.5 Å². The van der Waals surface area contributed by atoms with Crippen molar-refractivity contribution in [2.75, 3.05) is 13.1 Å². The van der Waals surface area contributed by atoms with Gasteiger partial charge >= 0.3 is 0 Å². The molecule has 0 radical (unpaired) electrons. The third-order valence-electron chi connectivity index (χ3n) is 3.97. The second-order valence-electron chi connectivity index (χ2n) is 5.19. The number of hydrogen-bond donors (Lipinski definition) is 0. The third kappa shape index (κ3) is 2.18. The molecule has 0 aromatic carbocycles. The Morgan fingerprint density at radius 1 is 1.29 bits per heavy atom. The average molecular weight is 234 g/mol.